The summed E-state index contributed by atoms with van der Waals surface area (Å²) in [6.45, 7) is 3.43. The van der Waals surface area contributed by atoms with Gasteiger partial charge < -0.3 is 14.8 Å². The number of ether oxygens (including phenoxy) is 2. The predicted octanol–water partition coefficient (Wildman–Crippen LogP) is 3.44. The van der Waals surface area contributed by atoms with Crippen LogP contribution in [0.4, 0.5) is 5.69 Å². The Morgan fingerprint density at radius 3 is 2.46 bits per heavy atom. The second-order valence-electron chi connectivity index (χ2n) is 6.08. The van der Waals surface area contributed by atoms with Crippen LogP contribution in [0.2, 0.25) is 5.02 Å². The van der Waals surface area contributed by atoms with Crippen molar-refractivity contribution in [3.63, 3.8) is 0 Å². The highest BCUT2D eigenvalue weighted by atomic mass is 35.5. The number of hydrogen-bond acceptors (Lipinski definition) is 5. The average Bonchev–Trinajstić information content (AvgIpc) is 2.66. The van der Waals surface area contributed by atoms with Crippen molar-refractivity contribution in [3.05, 3.63) is 47.5 Å². The second-order valence-corrected chi connectivity index (χ2v) is 8.23. The molecular formula is C19H23ClN2O5S. The van der Waals surface area contributed by atoms with E-state index in [1.807, 2.05) is 6.92 Å². The number of carbonyl (C=O) groups is 1. The van der Waals surface area contributed by atoms with Gasteiger partial charge in [-0.15, -0.1) is 0 Å². The van der Waals surface area contributed by atoms with Crippen molar-refractivity contribution in [1.82, 2.24) is 4.72 Å². The Kier molecular flexibility index (Phi) is 7.68. The maximum absolute atomic E-state index is 12.2. The van der Waals surface area contributed by atoms with Crippen molar-refractivity contribution in [2.24, 2.45) is 0 Å². The Balaban J connectivity index is 1.96. The number of methoxy groups -OCH3 is 1. The molecule has 0 fully saturated rings. The van der Waals surface area contributed by atoms with Gasteiger partial charge in [-0.2, -0.15) is 0 Å². The highest BCUT2D eigenvalue weighted by Crippen LogP contribution is 2.27. The fraction of sp³-hybridized carbons (Fsp3) is 0.316. The summed E-state index contributed by atoms with van der Waals surface area (Å²) in [5.41, 5.74) is 0.432. The predicted molar refractivity (Wildman–Crippen MR) is 109 cm³/mol. The average molecular weight is 427 g/mol. The Hall–Kier alpha value is -2.29. The molecule has 1 atom stereocenters. The first-order chi connectivity index (χ1) is 13.2. The molecule has 0 saturated heterocycles. The summed E-state index contributed by atoms with van der Waals surface area (Å²) in [6.07, 6.45) is 0.687. The number of amides is 1. The molecule has 0 spiro atoms. The lowest BCUT2D eigenvalue weighted by atomic mass is 10.3. The lowest BCUT2D eigenvalue weighted by Crippen LogP contribution is -2.31. The van der Waals surface area contributed by atoms with Crippen molar-refractivity contribution in [3.8, 4) is 11.5 Å². The molecule has 0 heterocycles. The molecule has 9 heteroatoms. The van der Waals surface area contributed by atoms with E-state index in [9.17, 15) is 13.2 Å². The second kappa shape index (κ2) is 9.77. The van der Waals surface area contributed by atoms with E-state index >= 15 is 0 Å². The summed E-state index contributed by atoms with van der Waals surface area (Å²) in [5, 5.41) is 3.12. The van der Waals surface area contributed by atoms with Crippen LogP contribution in [0.3, 0.4) is 0 Å². The van der Waals surface area contributed by atoms with Gasteiger partial charge in [-0.1, -0.05) is 18.5 Å². The summed E-state index contributed by atoms with van der Waals surface area (Å²) in [5.74, 6) is 0.438. The van der Waals surface area contributed by atoms with Gasteiger partial charge in [0.05, 0.1) is 17.7 Å². The summed E-state index contributed by atoms with van der Waals surface area (Å²) < 4.78 is 37.6. The van der Waals surface area contributed by atoms with E-state index in [1.165, 1.54) is 31.4 Å². The van der Waals surface area contributed by atoms with Crippen LogP contribution in [0.1, 0.15) is 20.3 Å². The molecule has 0 radical (unpaired) electrons. The monoisotopic (exact) mass is 426 g/mol. The fourth-order valence-corrected chi connectivity index (χ4v) is 3.74. The van der Waals surface area contributed by atoms with Crippen molar-refractivity contribution in [1.29, 1.82) is 0 Å². The number of nitrogens with one attached hydrogen (secondary N) is 2. The topological polar surface area (TPSA) is 93.7 Å². The highest BCUT2D eigenvalue weighted by Gasteiger charge is 2.16. The number of sulfonamides is 1. The minimum Gasteiger partial charge on any atom is -0.495 e. The molecule has 1 amide bonds. The summed E-state index contributed by atoms with van der Waals surface area (Å²) >= 11 is 5.93. The summed E-state index contributed by atoms with van der Waals surface area (Å²) in [6, 6.07) is 10.6. The van der Waals surface area contributed by atoms with Crippen LogP contribution in [0.25, 0.3) is 0 Å². The molecule has 2 N–H and O–H groups in total. The third kappa shape index (κ3) is 6.12. The number of rotatable bonds is 9. The first-order valence-electron chi connectivity index (χ1n) is 8.63. The standard InChI is InChI=1S/C19H23ClN2O5S/c1-4-13(2)22-28(24,25)16-8-6-15(7-9-16)27-12-19(23)21-17-11-14(20)5-10-18(17)26-3/h5-11,13,22H,4,12H2,1-3H3,(H,21,23)/t13-/m1/s1. The van der Waals surface area contributed by atoms with Gasteiger partial charge in [0.1, 0.15) is 11.5 Å². The van der Waals surface area contributed by atoms with Crippen LogP contribution in [-0.2, 0) is 14.8 Å². The van der Waals surface area contributed by atoms with Gasteiger partial charge in [-0.25, -0.2) is 13.1 Å². The number of halogens is 1. The maximum Gasteiger partial charge on any atom is 0.262 e. The quantitative estimate of drug-likeness (QED) is 0.640. The molecule has 0 aliphatic carbocycles. The van der Waals surface area contributed by atoms with Gasteiger partial charge in [-0.05, 0) is 55.8 Å². The van der Waals surface area contributed by atoms with Crippen LogP contribution >= 0.6 is 11.6 Å². The van der Waals surface area contributed by atoms with Crippen LogP contribution in [0.15, 0.2) is 47.4 Å². The molecule has 0 aliphatic heterocycles. The maximum atomic E-state index is 12.2. The number of benzene rings is 2. The molecule has 0 aliphatic rings. The lowest BCUT2D eigenvalue weighted by Gasteiger charge is -2.13. The van der Waals surface area contributed by atoms with E-state index in [4.69, 9.17) is 21.1 Å². The fourth-order valence-electron chi connectivity index (χ4n) is 2.24. The van der Waals surface area contributed by atoms with Gasteiger partial charge in [-0.3, -0.25) is 4.79 Å². The molecule has 7 nitrogen and oxygen atoms in total. The van der Waals surface area contributed by atoms with E-state index in [1.54, 1.807) is 25.1 Å². The van der Waals surface area contributed by atoms with Crippen molar-refractivity contribution in [2.45, 2.75) is 31.2 Å². The van der Waals surface area contributed by atoms with E-state index < -0.39 is 15.9 Å². The molecule has 2 rings (SSSR count). The number of carbonyl (C=O) groups excluding carboxylic acids is 1. The van der Waals surface area contributed by atoms with E-state index in [0.29, 0.717) is 28.6 Å². The molecule has 2 aromatic rings. The first kappa shape index (κ1) is 22.0. The Bertz CT molecular complexity index is 916. The molecule has 28 heavy (non-hydrogen) atoms. The van der Waals surface area contributed by atoms with Crippen LogP contribution in [0, 0.1) is 0 Å². The van der Waals surface area contributed by atoms with Gasteiger partial charge >= 0.3 is 0 Å². The third-order valence-corrected chi connectivity index (χ3v) is 5.75. The summed E-state index contributed by atoms with van der Waals surface area (Å²) in [4.78, 5) is 12.2. The van der Waals surface area contributed by atoms with Gasteiger partial charge in [0.15, 0.2) is 6.61 Å². The summed E-state index contributed by atoms with van der Waals surface area (Å²) in [7, 11) is -2.10. The SMILES string of the molecule is CC[C@@H](C)NS(=O)(=O)c1ccc(OCC(=O)Nc2cc(Cl)ccc2OC)cc1. The molecule has 0 unspecified atom stereocenters. The third-order valence-electron chi connectivity index (χ3n) is 3.91. The molecule has 152 valence electrons. The van der Waals surface area contributed by atoms with E-state index in [-0.39, 0.29) is 17.5 Å². The van der Waals surface area contributed by atoms with Crippen molar-refractivity contribution in [2.75, 3.05) is 19.0 Å². The molecule has 0 saturated carbocycles. The van der Waals surface area contributed by atoms with Crippen LogP contribution < -0.4 is 19.5 Å². The zero-order valence-corrected chi connectivity index (χ0v) is 17.4. The number of anilines is 1. The van der Waals surface area contributed by atoms with Crippen LogP contribution in [0.5, 0.6) is 11.5 Å². The van der Waals surface area contributed by atoms with Crippen LogP contribution in [-0.4, -0.2) is 34.1 Å². The Labute approximate surface area is 170 Å². The largest absolute Gasteiger partial charge is 0.495 e. The molecule has 2 aromatic carbocycles. The van der Waals surface area contributed by atoms with E-state index in [2.05, 4.69) is 10.0 Å². The van der Waals surface area contributed by atoms with Gasteiger partial charge in [0.25, 0.3) is 5.91 Å². The zero-order valence-electron chi connectivity index (χ0n) is 15.9. The molecule has 0 aromatic heterocycles. The zero-order chi connectivity index (χ0) is 20.7. The smallest absolute Gasteiger partial charge is 0.262 e. The lowest BCUT2D eigenvalue weighted by molar-refractivity contribution is -0.118. The minimum absolute atomic E-state index is 0.133. The van der Waals surface area contributed by atoms with E-state index in [0.717, 1.165) is 0 Å². The Morgan fingerprint density at radius 2 is 1.86 bits per heavy atom. The van der Waals surface area contributed by atoms with Crippen molar-refractivity contribution >= 4 is 33.2 Å². The molecular weight excluding hydrogens is 404 g/mol. The number of hydrogen-bond donors (Lipinski definition) is 2. The van der Waals surface area contributed by atoms with Gasteiger partial charge in [0.2, 0.25) is 10.0 Å². The van der Waals surface area contributed by atoms with Gasteiger partial charge in [0, 0.05) is 11.1 Å². The molecule has 0 bridgehead atoms. The normalized spacial score (nSPS) is 12.3. The van der Waals surface area contributed by atoms with Crippen molar-refractivity contribution < 1.29 is 22.7 Å². The minimum atomic E-state index is -3.58. The first-order valence-corrected chi connectivity index (χ1v) is 10.5. The Morgan fingerprint density at radius 1 is 1.18 bits per heavy atom. The highest BCUT2D eigenvalue weighted by molar-refractivity contribution is 7.89.